The zero-order chi connectivity index (χ0) is 23.0. The fourth-order valence-corrected chi connectivity index (χ4v) is 3.51. The van der Waals surface area contributed by atoms with Gasteiger partial charge in [0.15, 0.2) is 6.04 Å². The molecule has 1 N–H and O–H groups in total. The Balaban J connectivity index is 1.78. The number of hydrogen-bond donors (Lipinski definition) is 1. The van der Waals surface area contributed by atoms with Crippen LogP contribution in [0.1, 0.15) is 27.9 Å². The number of para-hydroxylation sites is 2. The summed E-state index contributed by atoms with van der Waals surface area (Å²) in [5.74, 6) is -0.106. The van der Waals surface area contributed by atoms with E-state index >= 15 is 0 Å². The van der Waals surface area contributed by atoms with Gasteiger partial charge in [-0.1, -0.05) is 48.5 Å². The van der Waals surface area contributed by atoms with Crippen molar-refractivity contribution in [3.63, 3.8) is 0 Å². The summed E-state index contributed by atoms with van der Waals surface area (Å²) in [5.41, 5.74) is 1.55. The van der Waals surface area contributed by atoms with Crippen molar-refractivity contribution in [2.75, 3.05) is 12.0 Å². The maximum absolute atomic E-state index is 13.7. The fraction of sp³-hybridized carbons (Fsp3) is 0.115. The molecule has 2 aromatic carbocycles. The number of rotatable bonds is 8. The van der Waals surface area contributed by atoms with E-state index in [0.29, 0.717) is 23.7 Å². The smallest absolute Gasteiger partial charge is 0.278 e. The first-order valence-corrected chi connectivity index (χ1v) is 10.4. The second kappa shape index (κ2) is 10.3. The van der Waals surface area contributed by atoms with Crippen molar-refractivity contribution in [3.8, 4) is 5.75 Å². The lowest BCUT2D eigenvalue weighted by Gasteiger charge is -2.30. The van der Waals surface area contributed by atoms with Gasteiger partial charge in [-0.15, -0.1) is 0 Å². The van der Waals surface area contributed by atoms with Crippen molar-refractivity contribution in [2.24, 2.45) is 0 Å². The van der Waals surface area contributed by atoms with E-state index in [1.165, 1.54) is 24.5 Å². The zero-order valence-electron chi connectivity index (χ0n) is 18.0. The minimum absolute atomic E-state index is 0.191. The van der Waals surface area contributed by atoms with Gasteiger partial charge in [0.1, 0.15) is 17.2 Å². The SMILES string of the molecule is COc1ccccc1N(C(=O)c1ccccn1)[C@@H](C(=O)NCc1ccccc1)c1ccco1. The zero-order valence-corrected chi connectivity index (χ0v) is 18.0. The molecule has 7 heteroatoms. The summed E-state index contributed by atoms with van der Waals surface area (Å²) in [6.07, 6.45) is 3.00. The molecule has 33 heavy (non-hydrogen) atoms. The molecule has 0 fully saturated rings. The predicted molar refractivity (Wildman–Crippen MR) is 124 cm³/mol. The van der Waals surface area contributed by atoms with Gasteiger partial charge >= 0.3 is 0 Å². The molecule has 0 bridgehead atoms. The molecule has 0 saturated carbocycles. The maximum Gasteiger partial charge on any atom is 0.278 e. The van der Waals surface area contributed by atoms with E-state index in [4.69, 9.17) is 9.15 Å². The third-order valence-corrected chi connectivity index (χ3v) is 5.08. The number of nitrogens with one attached hydrogen (secondary N) is 1. The van der Waals surface area contributed by atoms with E-state index in [9.17, 15) is 9.59 Å². The average molecular weight is 441 g/mol. The number of carbonyl (C=O) groups excluding carboxylic acids is 2. The number of hydrogen-bond acceptors (Lipinski definition) is 5. The van der Waals surface area contributed by atoms with E-state index in [1.54, 1.807) is 54.6 Å². The van der Waals surface area contributed by atoms with Crippen molar-refractivity contribution in [2.45, 2.75) is 12.6 Å². The Labute approximate surface area is 191 Å². The van der Waals surface area contributed by atoms with Gasteiger partial charge in [0.2, 0.25) is 0 Å². The second-order valence-electron chi connectivity index (χ2n) is 7.18. The molecular formula is C26H23N3O4. The highest BCUT2D eigenvalue weighted by atomic mass is 16.5. The van der Waals surface area contributed by atoms with Gasteiger partial charge in [0.05, 0.1) is 19.1 Å². The second-order valence-corrected chi connectivity index (χ2v) is 7.18. The number of amides is 2. The number of anilines is 1. The summed E-state index contributed by atoms with van der Waals surface area (Å²) in [7, 11) is 1.51. The molecule has 166 valence electrons. The van der Waals surface area contributed by atoms with E-state index < -0.39 is 17.9 Å². The van der Waals surface area contributed by atoms with Crippen LogP contribution >= 0.6 is 0 Å². The Kier molecular flexibility index (Phi) is 6.80. The normalized spacial score (nSPS) is 11.4. The molecular weight excluding hydrogens is 418 g/mol. The van der Waals surface area contributed by atoms with Crippen LogP contribution in [0.4, 0.5) is 5.69 Å². The lowest BCUT2D eigenvalue weighted by Crippen LogP contribution is -2.44. The number of nitrogens with zero attached hydrogens (tertiary/aromatic N) is 2. The fourth-order valence-electron chi connectivity index (χ4n) is 3.51. The topological polar surface area (TPSA) is 84.7 Å². The van der Waals surface area contributed by atoms with Crippen LogP contribution in [0.5, 0.6) is 5.75 Å². The molecule has 0 aliphatic carbocycles. The average Bonchev–Trinajstić information content (AvgIpc) is 3.41. The number of aromatic nitrogens is 1. The molecule has 2 amide bonds. The molecule has 0 aliphatic rings. The summed E-state index contributed by atoms with van der Waals surface area (Å²) >= 11 is 0. The lowest BCUT2D eigenvalue weighted by atomic mass is 10.1. The third kappa shape index (κ3) is 4.93. The molecule has 2 aromatic heterocycles. The van der Waals surface area contributed by atoms with Gasteiger partial charge in [0.25, 0.3) is 11.8 Å². The van der Waals surface area contributed by atoms with Crippen LogP contribution in [0.2, 0.25) is 0 Å². The third-order valence-electron chi connectivity index (χ3n) is 5.08. The largest absolute Gasteiger partial charge is 0.495 e. The molecule has 0 saturated heterocycles. The van der Waals surface area contributed by atoms with Crippen LogP contribution in [0, 0.1) is 0 Å². The quantitative estimate of drug-likeness (QED) is 0.438. The van der Waals surface area contributed by atoms with Gasteiger partial charge in [0, 0.05) is 12.7 Å². The van der Waals surface area contributed by atoms with Crippen molar-refractivity contribution < 1.29 is 18.7 Å². The summed E-state index contributed by atoms with van der Waals surface area (Å²) in [5, 5.41) is 2.93. The van der Waals surface area contributed by atoms with Crippen molar-refractivity contribution in [1.29, 1.82) is 0 Å². The number of ether oxygens (including phenoxy) is 1. The Morgan fingerprint density at radius 2 is 1.73 bits per heavy atom. The molecule has 1 atom stereocenters. The monoisotopic (exact) mass is 441 g/mol. The summed E-state index contributed by atoms with van der Waals surface area (Å²) in [4.78, 5) is 32.8. The minimum Gasteiger partial charge on any atom is -0.495 e. The van der Waals surface area contributed by atoms with E-state index in [2.05, 4.69) is 10.3 Å². The minimum atomic E-state index is -1.09. The summed E-state index contributed by atoms with van der Waals surface area (Å²) in [6.45, 7) is 0.300. The Bertz CT molecular complexity index is 1190. The number of benzene rings is 2. The molecule has 0 unspecified atom stereocenters. The molecule has 0 spiro atoms. The Morgan fingerprint density at radius 3 is 2.42 bits per heavy atom. The summed E-state index contributed by atoms with van der Waals surface area (Å²) in [6, 6.07) is 23.9. The first-order chi connectivity index (χ1) is 16.2. The van der Waals surface area contributed by atoms with Gasteiger partial charge in [-0.05, 0) is 42.0 Å². The van der Waals surface area contributed by atoms with E-state index in [-0.39, 0.29) is 5.69 Å². The van der Waals surface area contributed by atoms with Crippen molar-refractivity contribution in [3.05, 3.63) is 114 Å². The summed E-state index contributed by atoms with van der Waals surface area (Å²) < 4.78 is 11.1. The molecule has 4 rings (SSSR count). The number of carbonyl (C=O) groups is 2. The molecule has 0 radical (unpaired) electrons. The van der Waals surface area contributed by atoms with E-state index in [0.717, 1.165) is 5.56 Å². The maximum atomic E-state index is 13.7. The van der Waals surface area contributed by atoms with Crippen LogP contribution in [0.25, 0.3) is 0 Å². The van der Waals surface area contributed by atoms with Crippen LogP contribution in [0.15, 0.2) is 102 Å². The number of pyridine rings is 1. The van der Waals surface area contributed by atoms with Crippen LogP contribution < -0.4 is 15.0 Å². The van der Waals surface area contributed by atoms with Crippen molar-refractivity contribution >= 4 is 17.5 Å². The van der Waals surface area contributed by atoms with Crippen LogP contribution in [-0.4, -0.2) is 23.9 Å². The van der Waals surface area contributed by atoms with Crippen molar-refractivity contribution in [1.82, 2.24) is 10.3 Å². The molecule has 2 heterocycles. The van der Waals surface area contributed by atoms with Gasteiger partial charge in [-0.2, -0.15) is 0 Å². The Morgan fingerprint density at radius 1 is 0.970 bits per heavy atom. The van der Waals surface area contributed by atoms with Crippen LogP contribution in [-0.2, 0) is 11.3 Å². The molecule has 4 aromatic rings. The number of methoxy groups -OCH3 is 1. The first kappa shape index (κ1) is 21.8. The lowest BCUT2D eigenvalue weighted by molar-refractivity contribution is -0.123. The first-order valence-electron chi connectivity index (χ1n) is 10.4. The van der Waals surface area contributed by atoms with Crippen LogP contribution in [0.3, 0.4) is 0 Å². The Hall–Kier alpha value is -4.39. The highest BCUT2D eigenvalue weighted by molar-refractivity contribution is 6.09. The van der Waals surface area contributed by atoms with Gasteiger partial charge < -0.3 is 14.5 Å². The van der Waals surface area contributed by atoms with Gasteiger partial charge in [-0.3, -0.25) is 19.5 Å². The predicted octanol–water partition coefficient (Wildman–Crippen LogP) is 4.39. The van der Waals surface area contributed by atoms with E-state index in [1.807, 2.05) is 30.3 Å². The molecule has 0 aliphatic heterocycles. The molecule has 7 nitrogen and oxygen atoms in total. The van der Waals surface area contributed by atoms with Gasteiger partial charge in [-0.25, -0.2) is 0 Å². The number of furan rings is 1. The highest BCUT2D eigenvalue weighted by Crippen LogP contribution is 2.36. The standard InChI is InChI=1S/C26H23N3O4/c1-32-22-14-6-5-13-21(22)29(26(31)20-12-7-8-16-27-20)24(23-15-9-17-33-23)25(30)28-18-19-10-3-2-4-11-19/h2-17,24H,18H2,1H3,(H,28,30)/t24-/m1/s1. The highest BCUT2D eigenvalue weighted by Gasteiger charge is 2.37.